The molecule has 1 aromatic carbocycles. The van der Waals surface area contributed by atoms with E-state index >= 15 is 0 Å². The molecule has 0 radical (unpaired) electrons. The van der Waals surface area contributed by atoms with Crippen molar-refractivity contribution in [2.75, 3.05) is 20.3 Å². The van der Waals surface area contributed by atoms with Gasteiger partial charge < -0.3 is 13.9 Å². The van der Waals surface area contributed by atoms with Crippen molar-refractivity contribution < 1.29 is 13.9 Å². The Morgan fingerprint density at radius 1 is 1.32 bits per heavy atom. The lowest BCUT2D eigenvalue weighted by Crippen LogP contribution is -2.06. The number of H-pyrrole nitrogens is 1. The van der Waals surface area contributed by atoms with Gasteiger partial charge in [-0.25, -0.2) is 4.79 Å². The third kappa shape index (κ3) is 2.82. The molecule has 0 saturated carbocycles. The maximum atomic E-state index is 12.1. The lowest BCUT2D eigenvalue weighted by molar-refractivity contribution is 0.172. The summed E-state index contributed by atoms with van der Waals surface area (Å²) >= 11 is 0. The molecule has 0 aliphatic carbocycles. The first-order chi connectivity index (χ1) is 10.8. The Hall–Kier alpha value is -2.74. The van der Waals surface area contributed by atoms with Crippen molar-refractivity contribution in [3.63, 3.8) is 0 Å². The summed E-state index contributed by atoms with van der Waals surface area (Å²) in [4.78, 5) is 12.1. The smallest absolute Gasteiger partial charge is 0.347 e. The number of aromatic nitrogens is 4. The van der Waals surface area contributed by atoms with E-state index in [2.05, 4.69) is 20.6 Å². The molecule has 0 amide bonds. The van der Waals surface area contributed by atoms with Crippen molar-refractivity contribution >= 4 is 11.0 Å². The van der Waals surface area contributed by atoms with Crippen LogP contribution < -0.4 is 10.4 Å². The van der Waals surface area contributed by atoms with E-state index in [1.54, 1.807) is 19.2 Å². The zero-order valence-electron chi connectivity index (χ0n) is 11.9. The van der Waals surface area contributed by atoms with Gasteiger partial charge in [0.25, 0.3) is 0 Å². The fraction of sp³-hybridized carbons (Fsp3) is 0.286. The number of hydrogen-bond donors (Lipinski definition) is 1. The number of benzene rings is 1. The van der Waals surface area contributed by atoms with Crippen LogP contribution in [0.25, 0.3) is 22.4 Å². The number of hydrogen-bond acceptors (Lipinski definition) is 7. The Balaban J connectivity index is 1.96. The van der Waals surface area contributed by atoms with Crippen molar-refractivity contribution in [1.29, 1.82) is 0 Å². The summed E-state index contributed by atoms with van der Waals surface area (Å²) in [5, 5.41) is 14.1. The van der Waals surface area contributed by atoms with Gasteiger partial charge in [0, 0.05) is 25.5 Å². The summed E-state index contributed by atoms with van der Waals surface area (Å²) in [5.41, 5.74) is 0.108. The van der Waals surface area contributed by atoms with Crippen LogP contribution in [-0.2, 0) is 4.74 Å². The molecular weight excluding hydrogens is 288 g/mol. The zero-order chi connectivity index (χ0) is 15.4. The van der Waals surface area contributed by atoms with Crippen LogP contribution in [0.4, 0.5) is 0 Å². The zero-order valence-corrected chi connectivity index (χ0v) is 11.9. The fourth-order valence-electron chi connectivity index (χ4n) is 2.05. The van der Waals surface area contributed by atoms with Gasteiger partial charge in [-0.3, -0.25) is 0 Å². The first kappa shape index (κ1) is 14.2. The van der Waals surface area contributed by atoms with Gasteiger partial charge in [0.05, 0.1) is 6.61 Å². The van der Waals surface area contributed by atoms with E-state index in [-0.39, 0.29) is 11.4 Å². The van der Waals surface area contributed by atoms with Crippen LogP contribution in [0.5, 0.6) is 5.75 Å². The van der Waals surface area contributed by atoms with Crippen LogP contribution in [0, 0.1) is 0 Å². The van der Waals surface area contributed by atoms with Gasteiger partial charge in [-0.05, 0) is 17.3 Å². The molecule has 8 nitrogen and oxygen atoms in total. The highest BCUT2D eigenvalue weighted by Gasteiger charge is 2.14. The highest BCUT2D eigenvalue weighted by molar-refractivity contribution is 5.85. The minimum atomic E-state index is -0.540. The second-order valence-corrected chi connectivity index (χ2v) is 4.55. The van der Waals surface area contributed by atoms with Crippen LogP contribution in [0.3, 0.4) is 0 Å². The predicted molar refractivity (Wildman–Crippen MR) is 77.6 cm³/mol. The Kier molecular flexibility index (Phi) is 4.10. The molecule has 2 heterocycles. The molecule has 0 spiro atoms. The minimum absolute atomic E-state index is 0.196. The molecule has 1 N–H and O–H groups in total. The van der Waals surface area contributed by atoms with Crippen molar-refractivity contribution in [1.82, 2.24) is 20.6 Å². The lowest BCUT2D eigenvalue weighted by atomic mass is 10.1. The normalized spacial score (nSPS) is 11.0. The molecule has 114 valence electrons. The molecule has 0 bridgehead atoms. The lowest BCUT2D eigenvalue weighted by Gasteiger charge is -2.08. The van der Waals surface area contributed by atoms with E-state index in [4.69, 9.17) is 13.9 Å². The monoisotopic (exact) mass is 302 g/mol. The number of nitrogens with one attached hydrogen (secondary N) is 1. The van der Waals surface area contributed by atoms with Crippen molar-refractivity contribution in [2.24, 2.45) is 0 Å². The minimum Gasteiger partial charge on any atom is -0.490 e. The summed E-state index contributed by atoms with van der Waals surface area (Å²) in [5.74, 6) is 0.715. The van der Waals surface area contributed by atoms with Crippen LogP contribution >= 0.6 is 0 Å². The molecule has 8 heteroatoms. The summed E-state index contributed by atoms with van der Waals surface area (Å²) in [6, 6.07) is 7.07. The summed E-state index contributed by atoms with van der Waals surface area (Å²) in [6.45, 7) is 1.08. The van der Waals surface area contributed by atoms with Crippen LogP contribution in [0.2, 0.25) is 0 Å². The van der Waals surface area contributed by atoms with E-state index < -0.39 is 5.63 Å². The van der Waals surface area contributed by atoms with E-state index in [0.29, 0.717) is 24.5 Å². The maximum absolute atomic E-state index is 12.1. The maximum Gasteiger partial charge on any atom is 0.347 e. The van der Waals surface area contributed by atoms with Gasteiger partial charge in [0.15, 0.2) is 11.3 Å². The van der Waals surface area contributed by atoms with Crippen molar-refractivity contribution in [2.45, 2.75) is 6.42 Å². The number of fused-ring (bicyclic) bond motifs is 1. The largest absolute Gasteiger partial charge is 0.490 e. The fourth-order valence-corrected chi connectivity index (χ4v) is 2.05. The van der Waals surface area contributed by atoms with Gasteiger partial charge in [0.2, 0.25) is 5.82 Å². The summed E-state index contributed by atoms with van der Waals surface area (Å²) in [6.07, 6.45) is 0.748. The molecule has 2 aromatic heterocycles. The Morgan fingerprint density at radius 2 is 2.23 bits per heavy atom. The average molecular weight is 302 g/mol. The molecule has 0 saturated heterocycles. The highest BCUT2D eigenvalue weighted by atomic mass is 16.5. The number of para-hydroxylation sites is 1. The number of methoxy groups -OCH3 is 1. The van der Waals surface area contributed by atoms with Gasteiger partial charge in [-0.1, -0.05) is 12.1 Å². The third-order valence-corrected chi connectivity index (χ3v) is 3.06. The highest BCUT2D eigenvalue weighted by Crippen LogP contribution is 2.26. The van der Waals surface area contributed by atoms with Gasteiger partial charge in [-0.2, -0.15) is 5.21 Å². The van der Waals surface area contributed by atoms with Crippen molar-refractivity contribution in [3.05, 3.63) is 34.7 Å². The number of ether oxygens (including phenoxy) is 2. The molecule has 0 fully saturated rings. The molecule has 0 aliphatic heterocycles. The quantitative estimate of drug-likeness (QED) is 0.542. The first-order valence-corrected chi connectivity index (χ1v) is 6.72. The topological polar surface area (TPSA) is 103 Å². The molecule has 0 aliphatic rings. The van der Waals surface area contributed by atoms with Gasteiger partial charge >= 0.3 is 5.63 Å². The number of rotatable bonds is 6. The Bertz CT molecular complexity index is 813. The van der Waals surface area contributed by atoms with Crippen LogP contribution in [-0.4, -0.2) is 40.9 Å². The SMILES string of the molecule is COCCCOc1cccc2cc(-c3nn[nH]n3)c(=O)oc12. The summed E-state index contributed by atoms with van der Waals surface area (Å²) < 4.78 is 16.0. The van der Waals surface area contributed by atoms with E-state index in [1.165, 1.54) is 0 Å². The van der Waals surface area contributed by atoms with Crippen LogP contribution in [0.1, 0.15) is 6.42 Å². The number of aromatic amines is 1. The Labute approximate surface area is 125 Å². The molecule has 0 unspecified atom stereocenters. The molecule has 3 aromatic rings. The van der Waals surface area contributed by atoms with Crippen molar-refractivity contribution in [3.8, 4) is 17.1 Å². The van der Waals surface area contributed by atoms with E-state index in [0.717, 1.165) is 11.8 Å². The average Bonchev–Trinajstić information content (AvgIpc) is 3.05. The molecule has 3 rings (SSSR count). The standard InChI is InChI=1S/C14H14N4O4/c1-20-6-3-7-21-11-5-2-4-9-8-10(13-15-17-18-16-13)14(19)22-12(9)11/h2,4-5,8H,3,6-7H2,1H3,(H,15,16,17,18). The predicted octanol–water partition coefficient (Wildman–Crippen LogP) is 1.39. The van der Waals surface area contributed by atoms with E-state index in [1.807, 2.05) is 12.1 Å². The molecule has 22 heavy (non-hydrogen) atoms. The van der Waals surface area contributed by atoms with Crippen LogP contribution in [0.15, 0.2) is 33.5 Å². The first-order valence-electron chi connectivity index (χ1n) is 6.72. The molecular formula is C14H14N4O4. The van der Waals surface area contributed by atoms with Gasteiger partial charge in [0.1, 0.15) is 5.56 Å². The third-order valence-electron chi connectivity index (χ3n) is 3.06. The Morgan fingerprint density at radius 3 is 3.00 bits per heavy atom. The number of nitrogens with zero attached hydrogens (tertiary/aromatic N) is 3. The second kappa shape index (κ2) is 6.35. The van der Waals surface area contributed by atoms with E-state index in [9.17, 15) is 4.79 Å². The molecule has 0 atom stereocenters. The second-order valence-electron chi connectivity index (χ2n) is 4.55. The van der Waals surface area contributed by atoms with Gasteiger partial charge in [-0.15, -0.1) is 10.2 Å². The summed E-state index contributed by atoms with van der Waals surface area (Å²) in [7, 11) is 1.64. The number of tetrazole rings is 1.